The van der Waals surface area contributed by atoms with Crippen LogP contribution in [0.15, 0.2) is 41.8 Å². The van der Waals surface area contributed by atoms with Gasteiger partial charge in [-0.25, -0.2) is 8.42 Å². The Hall–Kier alpha value is -1.62. The maximum absolute atomic E-state index is 12.6. The predicted octanol–water partition coefficient (Wildman–Crippen LogP) is 3.07. The van der Waals surface area contributed by atoms with Crippen LogP contribution in [0.2, 0.25) is 0 Å². The van der Waals surface area contributed by atoms with Gasteiger partial charge in [-0.3, -0.25) is 4.79 Å². The van der Waals surface area contributed by atoms with Gasteiger partial charge in [-0.05, 0) is 38.0 Å². The van der Waals surface area contributed by atoms with Crippen molar-refractivity contribution in [3.63, 3.8) is 0 Å². The summed E-state index contributed by atoms with van der Waals surface area (Å²) in [6, 6.07) is 6.74. The Morgan fingerprint density at radius 3 is 2.36 bits per heavy atom. The molecule has 1 aromatic rings. The van der Waals surface area contributed by atoms with E-state index in [2.05, 4.69) is 6.58 Å². The molecule has 0 aromatic heterocycles. The van der Waals surface area contributed by atoms with Crippen molar-refractivity contribution in [3.05, 3.63) is 42.5 Å². The van der Waals surface area contributed by atoms with E-state index in [-0.39, 0.29) is 22.7 Å². The summed E-state index contributed by atoms with van der Waals surface area (Å²) in [6.45, 7) is 5.41. The normalized spacial score (nSPS) is 16.2. The third-order valence-electron chi connectivity index (χ3n) is 4.16. The number of rotatable bonds is 5. The molecule has 5 heteroatoms. The standard InChI is InChI=1S/C17H23NO3S/c1-3-17(19)18(15-7-5-4-6-8-15)13-22(20,21)16-11-9-14(2)10-12-16/h3,9-12,15H,1,4-8,13H2,2H3. The van der Waals surface area contributed by atoms with Crippen LogP contribution >= 0.6 is 0 Å². The number of hydrogen-bond acceptors (Lipinski definition) is 3. The van der Waals surface area contributed by atoms with E-state index in [1.54, 1.807) is 24.3 Å². The molecule has 2 rings (SSSR count). The van der Waals surface area contributed by atoms with E-state index in [9.17, 15) is 13.2 Å². The van der Waals surface area contributed by atoms with Crippen molar-refractivity contribution in [2.45, 2.75) is 50.0 Å². The van der Waals surface area contributed by atoms with Crippen molar-refractivity contribution in [1.29, 1.82) is 0 Å². The van der Waals surface area contributed by atoms with E-state index in [0.29, 0.717) is 0 Å². The quantitative estimate of drug-likeness (QED) is 0.783. The first-order valence-corrected chi connectivity index (χ1v) is 9.32. The van der Waals surface area contributed by atoms with Crippen molar-refractivity contribution in [2.24, 2.45) is 0 Å². The summed E-state index contributed by atoms with van der Waals surface area (Å²) in [5.74, 6) is -0.575. The smallest absolute Gasteiger partial charge is 0.247 e. The number of aryl methyl sites for hydroxylation is 1. The van der Waals surface area contributed by atoms with Gasteiger partial charge in [0.2, 0.25) is 5.91 Å². The number of carbonyl (C=O) groups excluding carboxylic acids is 1. The minimum atomic E-state index is -3.52. The molecule has 0 heterocycles. The molecular formula is C17H23NO3S. The number of carbonyl (C=O) groups is 1. The first kappa shape index (κ1) is 16.7. The molecular weight excluding hydrogens is 298 g/mol. The van der Waals surface area contributed by atoms with Gasteiger partial charge in [0.25, 0.3) is 0 Å². The molecule has 0 unspecified atom stereocenters. The van der Waals surface area contributed by atoms with E-state index in [4.69, 9.17) is 0 Å². The van der Waals surface area contributed by atoms with E-state index in [0.717, 1.165) is 37.7 Å². The second-order valence-corrected chi connectivity index (χ2v) is 7.82. The largest absolute Gasteiger partial charge is 0.321 e. The Morgan fingerprint density at radius 1 is 1.23 bits per heavy atom. The molecule has 0 saturated heterocycles. The first-order chi connectivity index (χ1) is 10.4. The van der Waals surface area contributed by atoms with Crippen LogP contribution in [0.3, 0.4) is 0 Å². The van der Waals surface area contributed by atoms with Crippen molar-refractivity contribution in [2.75, 3.05) is 5.88 Å². The van der Waals surface area contributed by atoms with Crippen LogP contribution < -0.4 is 0 Å². The van der Waals surface area contributed by atoms with Gasteiger partial charge >= 0.3 is 0 Å². The fraction of sp³-hybridized carbons (Fsp3) is 0.471. The Balaban J connectivity index is 2.23. The minimum Gasteiger partial charge on any atom is -0.321 e. The molecule has 0 atom stereocenters. The summed E-state index contributed by atoms with van der Waals surface area (Å²) in [7, 11) is -3.52. The molecule has 4 nitrogen and oxygen atoms in total. The molecule has 22 heavy (non-hydrogen) atoms. The summed E-state index contributed by atoms with van der Waals surface area (Å²) in [5, 5.41) is 0. The first-order valence-electron chi connectivity index (χ1n) is 7.66. The molecule has 0 spiro atoms. The van der Waals surface area contributed by atoms with Crippen molar-refractivity contribution >= 4 is 15.7 Å². The highest BCUT2D eigenvalue weighted by molar-refractivity contribution is 7.91. The van der Waals surface area contributed by atoms with Crippen molar-refractivity contribution in [1.82, 2.24) is 4.90 Å². The molecule has 1 aromatic carbocycles. The number of hydrogen-bond donors (Lipinski definition) is 0. The summed E-state index contributed by atoms with van der Waals surface area (Å²) in [5.41, 5.74) is 1.00. The maximum atomic E-state index is 12.6. The average Bonchev–Trinajstić information content (AvgIpc) is 2.53. The average molecular weight is 321 g/mol. The highest BCUT2D eigenvalue weighted by Crippen LogP contribution is 2.24. The molecule has 0 radical (unpaired) electrons. The molecule has 0 bridgehead atoms. The highest BCUT2D eigenvalue weighted by Gasteiger charge is 2.29. The van der Waals surface area contributed by atoms with Crippen molar-refractivity contribution < 1.29 is 13.2 Å². The van der Waals surface area contributed by atoms with Gasteiger partial charge in [0.05, 0.1) is 4.90 Å². The van der Waals surface area contributed by atoms with E-state index in [1.807, 2.05) is 6.92 Å². The van der Waals surface area contributed by atoms with E-state index >= 15 is 0 Å². The number of amides is 1. The van der Waals surface area contributed by atoms with Gasteiger partial charge < -0.3 is 4.90 Å². The van der Waals surface area contributed by atoms with Gasteiger partial charge in [-0.2, -0.15) is 0 Å². The van der Waals surface area contributed by atoms with Gasteiger partial charge in [0, 0.05) is 6.04 Å². The zero-order valence-electron chi connectivity index (χ0n) is 13.0. The van der Waals surface area contributed by atoms with Crippen molar-refractivity contribution in [3.8, 4) is 0 Å². The minimum absolute atomic E-state index is 0.000488. The lowest BCUT2D eigenvalue weighted by molar-refractivity contribution is -0.127. The van der Waals surface area contributed by atoms with Crippen LogP contribution in [-0.4, -0.2) is 31.1 Å². The fourth-order valence-electron chi connectivity index (χ4n) is 2.86. The van der Waals surface area contributed by atoms with Gasteiger partial charge in [-0.1, -0.05) is 43.5 Å². The summed E-state index contributed by atoms with van der Waals surface area (Å²) in [6.07, 6.45) is 6.16. The Morgan fingerprint density at radius 2 is 1.82 bits per heavy atom. The van der Waals surface area contributed by atoms with Crippen LogP contribution in [-0.2, 0) is 14.6 Å². The van der Waals surface area contributed by atoms with Crippen LogP contribution in [0.5, 0.6) is 0 Å². The Kier molecular flexibility index (Phi) is 5.40. The predicted molar refractivity (Wildman–Crippen MR) is 87.1 cm³/mol. The van der Waals surface area contributed by atoms with Crippen LogP contribution in [0, 0.1) is 6.92 Å². The number of benzene rings is 1. The van der Waals surface area contributed by atoms with E-state index in [1.165, 1.54) is 11.0 Å². The molecule has 1 saturated carbocycles. The lowest BCUT2D eigenvalue weighted by Gasteiger charge is -2.33. The summed E-state index contributed by atoms with van der Waals surface area (Å²) in [4.78, 5) is 13.9. The second-order valence-electron chi connectivity index (χ2n) is 5.86. The van der Waals surface area contributed by atoms with Gasteiger partial charge in [-0.15, -0.1) is 0 Å². The number of sulfone groups is 1. The topological polar surface area (TPSA) is 54.5 Å². The molecule has 0 N–H and O–H groups in total. The fourth-order valence-corrected chi connectivity index (χ4v) is 4.27. The molecule has 1 amide bonds. The molecule has 1 aliphatic carbocycles. The highest BCUT2D eigenvalue weighted by atomic mass is 32.2. The van der Waals surface area contributed by atoms with E-state index < -0.39 is 9.84 Å². The maximum Gasteiger partial charge on any atom is 0.247 e. The monoisotopic (exact) mass is 321 g/mol. The molecule has 1 aliphatic rings. The number of nitrogens with zero attached hydrogens (tertiary/aromatic N) is 1. The van der Waals surface area contributed by atoms with Crippen LogP contribution in [0.25, 0.3) is 0 Å². The Bertz CT molecular complexity index is 628. The molecule has 120 valence electrons. The Labute approximate surface area is 132 Å². The summed E-state index contributed by atoms with van der Waals surface area (Å²) < 4.78 is 25.2. The summed E-state index contributed by atoms with van der Waals surface area (Å²) >= 11 is 0. The van der Waals surface area contributed by atoms with Crippen LogP contribution in [0.1, 0.15) is 37.7 Å². The third-order valence-corrected chi connectivity index (χ3v) is 5.77. The lowest BCUT2D eigenvalue weighted by atomic mass is 9.94. The second kappa shape index (κ2) is 7.09. The molecule has 0 aliphatic heterocycles. The molecule has 1 fully saturated rings. The lowest BCUT2D eigenvalue weighted by Crippen LogP contribution is -2.43. The van der Waals surface area contributed by atoms with Gasteiger partial charge in [0.15, 0.2) is 9.84 Å². The zero-order valence-corrected chi connectivity index (χ0v) is 13.8. The van der Waals surface area contributed by atoms with Gasteiger partial charge in [0.1, 0.15) is 5.88 Å². The van der Waals surface area contributed by atoms with Crippen LogP contribution in [0.4, 0.5) is 0 Å². The SMILES string of the molecule is C=CC(=O)N(CS(=O)(=O)c1ccc(C)cc1)C1CCCCC1. The zero-order chi connectivity index (χ0) is 16.2. The third kappa shape index (κ3) is 3.97.